The van der Waals surface area contributed by atoms with Gasteiger partial charge in [-0.3, -0.25) is 14.9 Å². The minimum atomic E-state index is -0.612. The molecule has 3 aromatic carbocycles. The van der Waals surface area contributed by atoms with E-state index in [1.54, 1.807) is 19.1 Å². The highest BCUT2D eigenvalue weighted by atomic mass is 16.6. The molecule has 0 saturated heterocycles. The number of aryl methyl sites for hydroxylation is 1. The Labute approximate surface area is 193 Å². The third kappa shape index (κ3) is 4.58. The van der Waals surface area contributed by atoms with E-state index in [4.69, 9.17) is 13.9 Å². The zero-order chi connectivity index (χ0) is 24.2. The molecule has 0 bridgehead atoms. The minimum absolute atomic E-state index is 0.0214. The van der Waals surface area contributed by atoms with Crippen molar-refractivity contribution in [1.29, 1.82) is 0 Å². The van der Waals surface area contributed by atoms with E-state index >= 15 is 0 Å². The van der Waals surface area contributed by atoms with Gasteiger partial charge in [-0.25, -0.2) is 4.79 Å². The van der Waals surface area contributed by atoms with E-state index in [2.05, 4.69) is 5.32 Å². The van der Waals surface area contributed by atoms with E-state index in [1.807, 2.05) is 30.3 Å². The SMILES string of the molecule is COc1ccc(NC(=O)COc2ccc3c(-c4ccccc4)cc(=O)oc3c2C)c([N+](=O)[O-])c1. The summed E-state index contributed by atoms with van der Waals surface area (Å²) in [6.45, 7) is 1.32. The van der Waals surface area contributed by atoms with Crippen LogP contribution in [-0.4, -0.2) is 24.5 Å². The van der Waals surface area contributed by atoms with Gasteiger partial charge in [0.2, 0.25) is 0 Å². The number of hydrogen-bond donors (Lipinski definition) is 1. The highest BCUT2D eigenvalue weighted by Gasteiger charge is 2.18. The third-order valence-electron chi connectivity index (χ3n) is 5.23. The van der Waals surface area contributed by atoms with Gasteiger partial charge >= 0.3 is 5.63 Å². The number of nitrogens with one attached hydrogen (secondary N) is 1. The first-order valence-electron chi connectivity index (χ1n) is 10.3. The van der Waals surface area contributed by atoms with Crippen LogP contribution < -0.4 is 20.4 Å². The summed E-state index contributed by atoms with van der Waals surface area (Å²) < 4.78 is 16.1. The van der Waals surface area contributed by atoms with Crippen LogP contribution in [-0.2, 0) is 4.79 Å². The van der Waals surface area contributed by atoms with Crippen LogP contribution in [0.1, 0.15) is 5.56 Å². The Hall–Kier alpha value is -4.66. The Kier molecular flexibility index (Phi) is 6.26. The molecule has 4 rings (SSSR count). The van der Waals surface area contributed by atoms with Gasteiger partial charge in [0.25, 0.3) is 11.6 Å². The molecule has 4 aromatic rings. The Morgan fingerprint density at radius 2 is 1.85 bits per heavy atom. The maximum Gasteiger partial charge on any atom is 0.336 e. The predicted molar refractivity (Wildman–Crippen MR) is 126 cm³/mol. The predicted octanol–water partition coefficient (Wildman–Crippen LogP) is 4.70. The summed E-state index contributed by atoms with van der Waals surface area (Å²) in [4.78, 5) is 35.3. The summed E-state index contributed by atoms with van der Waals surface area (Å²) in [5.74, 6) is 0.0524. The number of hydrogen-bond acceptors (Lipinski definition) is 7. The lowest BCUT2D eigenvalue weighted by atomic mass is 10.0. The van der Waals surface area contributed by atoms with Gasteiger partial charge in [-0.15, -0.1) is 0 Å². The van der Waals surface area contributed by atoms with Crippen molar-refractivity contribution in [3.63, 3.8) is 0 Å². The van der Waals surface area contributed by atoms with Crippen LogP contribution in [0, 0.1) is 17.0 Å². The molecule has 0 unspecified atom stereocenters. The smallest absolute Gasteiger partial charge is 0.336 e. The van der Waals surface area contributed by atoms with E-state index in [9.17, 15) is 19.7 Å². The number of rotatable bonds is 7. The van der Waals surface area contributed by atoms with Gasteiger partial charge in [0.05, 0.1) is 18.1 Å². The average Bonchev–Trinajstić information content (AvgIpc) is 2.84. The van der Waals surface area contributed by atoms with Crippen molar-refractivity contribution >= 4 is 28.3 Å². The maximum absolute atomic E-state index is 12.4. The molecule has 9 nitrogen and oxygen atoms in total. The van der Waals surface area contributed by atoms with Crippen molar-refractivity contribution in [3.05, 3.63) is 92.8 Å². The fraction of sp³-hybridized carbons (Fsp3) is 0.120. The fourth-order valence-corrected chi connectivity index (χ4v) is 3.58. The number of carbonyl (C=O) groups is 1. The number of nitro groups is 1. The summed E-state index contributed by atoms with van der Waals surface area (Å²) in [6.07, 6.45) is 0. The molecule has 0 fully saturated rings. The van der Waals surface area contributed by atoms with Crippen molar-refractivity contribution in [2.24, 2.45) is 0 Å². The summed E-state index contributed by atoms with van der Waals surface area (Å²) in [7, 11) is 1.39. The molecule has 0 spiro atoms. The van der Waals surface area contributed by atoms with Crippen LogP contribution in [0.2, 0.25) is 0 Å². The first-order valence-corrected chi connectivity index (χ1v) is 10.3. The number of nitro benzene ring substituents is 1. The van der Waals surface area contributed by atoms with Crippen molar-refractivity contribution in [3.8, 4) is 22.6 Å². The molecule has 1 amide bonds. The number of ether oxygens (including phenoxy) is 2. The molecular weight excluding hydrogens is 440 g/mol. The van der Waals surface area contributed by atoms with Gasteiger partial charge in [-0.2, -0.15) is 0 Å². The van der Waals surface area contributed by atoms with E-state index in [0.29, 0.717) is 22.6 Å². The topological polar surface area (TPSA) is 121 Å². The summed E-state index contributed by atoms with van der Waals surface area (Å²) in [5.41, 5.74) is 1.72. The maximum atomic E-state index is 12.4. The second kappa shape index (κ2) is 9.45. The van der Waals surface area contributed by atoms with E-state index < -0.39 is 23.1 Å². The number of methoxy groups -OCH3 is 1. The Bertz CT molecular complexity index is 1450. The summed E-state index contributed by atoms with van der Waals surface area (Å²) in [6, 6.07) is 18.4. The first-order chi connectivity index (χ1) is 16.4. The molecule has 9 heteroatoms. The lowest BCUT2D eigenvalue weighted by Crippen LogP contribution is -2.21. The highest BCUT2D eigenvalue weighted by Crippen LogP contribution is 2.33. The number of fused-ring (bicyclic) bond motifs is 1. The van der Waals surface area contributed by atoms with Crippen LogP contribution in [0.25, 0.3) is 22.1 Å². The lowest BCUT2D eigenvalue weighted by molar-refractivity contribution is -0.384. The Balaban J connectivity index is 1.57. The molecular formula is C25H20N2O7. The standard InChI is InChI=1S/C25H20N2O7/c1-15-22(33-14-23(28)26-20-10-8-17(32-2)12-21(20)27(30)31)11-9-18-19(13-24(29)34-25(15)18)16-6-4-3-5-7-16/h3-13H,14H2,1-2H3,(H,26,28). The summed E-state index contributed by atoms with van der Waals surface area (Å²) >= 11 is 0. The van der Waals surface area contributed by atoms with E-state index in [0.717, 1.165) is 16.5 Å². The lowest BCUT2D eigenvalue weighted by Gasteiger charge is -2.13. The molecule has 1 heterocycles. The quantitative estimate of drug-likeness (QED) is 0.241. The number of nitrogens with zero attached hydrogens (tertiary/aromatic N) is 1. The van der Waals surface area contributed by atoms with Crippen molar-refractivity contribution < 1.29 is 23.6 Å². The van der Waals surface area contributed by atoms with Gasteiger partial charge in [-0.05, 0) is 42.3 Å². The van der Waals surface area contributed by atoms with E-state index in [1.165, 1.54) is 31.4 Å². The largest absolute Gasteiger partial charge is 0.496 e. The third-order valence-corrected chi connectivity index (χ3v) is 5.23. The number of carbonyl (C=O) groups excluding carboxylic acids is 1. The molecule has 1 N–H and O–H groups in total. The zero-order valence-corrected chi connectivity index (χ0v) is 18.4. The van der Waals surface area contributed by atoms with Crippen molar-refractivity contribution in [2.45, 2.75) is 6.92 Å². The number of benzene rings is 3. The fourth-order valence-electron chi connectivity index (χ4n) is 3.58. The van der Waals surface area contributed by atoms with Gasteiger partial charge in [0, 0.05) is 17.0 Å². The Morgan fingerprint density at radius 1 is 1.09 bits per heavy atom. The van der Waals surface area contributed by atoms with Gasteiger partial charge < -0.3 is 19.2 Å². The molecule has 172 valence electrons. The van der Waals surface area contributed by atoms with Crippen molar-refractivity contribution in [1.82, 2.24) is 0 Å². The molecule has 0 aliphatic heterocycles. The van der Waals surface area contributed by atoms with Crippen LogP contribution in [0.4, 0.5) is 11.4 Å². The van der Waals surface area contributed by atoms with Gasteiger partial charge in [0.1, 0.15) is 22.8 Å². The summed E-state index contributed by atoms with van der Waals surface area (Å²) in [5, 5.41) is 14.5. The molecule has 34 heavy (non-hydrogen) atoms. The normalized spacial score (nSPS) is 10.6. The van der Waals surface area contributed by atoms with Gasteiger partial charge in [-0.1, -0.05) is 30.3 Å². The van der Waals surface area contributed by atoms with Gasteiger partial charge in [0.15, 0.2) is 6.61 Å². The van der Waals surface area contributed by atoms with Crippen molar-refractivity contribution in [2.75, 3.05) is 19.0 Å². The average molecular weight is 460 g/mol. The minimum Gasteiger partial charge on any atom is -0.496 e. The van der Waals surface area contributed by atoms with Crippen LogP contribution in [0.3, 0.4) is 0 Å². The monoisotopic (exact) mass is 460 g/mol. The number of amides is 1. The highest BCUT2D eigenvalue weighted by molar-refractivity contribution is 5.96. The van der Waals surface area contributed by atoms with Crippen LogP contribution in [0.15, 0.2) is 75.9 Å². The Morgan fingerprint density at radius 3 is 2.56 bits per heavy atom. The zero-order valence-electron chi connectivity index (χ0n) is 18.4. The molecule has 0 atom stereocenters. The number of anilines is 1. The molecule has 1 aromatic heterocycles. The van der Waals surface area contributed by atoms with E-state index in [-0.39, 0.29) is 11.4 Å². The second-order valence-electron chi connectivity index (χ2n) is 7.39. The molecule has 0 aliphatic rings. The molecule has 0 radical (unpaired) electrons. The molecule has 0 saturated carbocycles. The van der Waals surface area contributed by atoms with Crippen LogP contribution >= 0.6 is 0 Å². The molecule has 0 aliphatic carbocycles. The first kappa shape index (κ1) is 22.5. The second-order valence-corrected chi connectivity index (χ2v) is 7.39. The van der Waals surface area contributed by atoms with Crippen LogP contribution in [0.5, 0.6) is 11.5 Å².